The predicted molar refractivity (Wildman–Crippen MR) is 125 cm³/mol. The molecule has 2 fully saturated rings. The van der Waals surface area contributed by atoms with E-state index in [1.54, 1.807) is 0 Å². The van der Waals surface area contributed by atoms with E-state index >= 15 is 0 Å². The molecular formula is C26H35N3O2. The van der Waals surface area contributed by atoms with Crippen molar-refractivity contribution in [2.24, 2.45) is 0 Å². The fourth-order valence-electron chi connectivity index (χ4n) is 4.77. The summed E-state index contributed by atoms with van der Waals surface area (Å²) >= 11 is 0. The van der Waals surface area contributed by atoms with Crippen LogP contribution in [-0.2, 0) is 11.3 Å². The van der Waals surface area contributed by atoms with E-state index in [2.05, 4.69) is 41.0 Å². The smallest absolute Gasteiger partial charge is 0.410 e. The Balaban J connectivity index is 1.42. The number of piperazine rings is 1. The first-order chi connectivity index (χ1) is 15.2. The zero-order valence-corrected chi connectivity index (χ0v) is 18.7. The summed E-state index contributed by atoms with van der Waals surface area (Å²) in [5, 5.41) is 0. The van der Waals surface area contributed by atoms with Gasteiger partial charge in [-0.1, -0.05) is 49.4 Å². The van der Waals surface area contributed by atoms with Gasteiger partial charge in [-0.3, -0.25) is 4.90 Å². The molecule has 0 aromatic heterocycles. The van der Waals surface area contributed by atoms with E-state index in [0.29, 0.717) is 6.61 Å². The van der Waals surface area contributed by atoms with E-state index in [4.69, 9.17) is 4.74 Å². The molecule has 166 valence electrons. The monoisotopic (exact) mass is 421 g/mol. The van der Waals surface area contributed by atoms with Gasteiger partial charge in [-0.25, -0.2) is 4.79 Å². The molecule has 31 heavy (non-hydrogen) atoms. The summed E-state index contributed by atoms with van der Waals surface area (Å²) in [6, 6.07) is 18.8. The van der Waals surface area contributed by atoms with Crippen molar-refractivity contribution < 1.29 is 9.53 Å². The maximum atomic E-state index is 12.9. The molecule has 1 unspecified atom stereocenters. The number of anilines is 1. The first-order valence-corrected chi connectivity index (χ1v) is 11.8. The second-order valence-corrected chi connectivity index (χ2v) is 8.67. The molecule has 2 aliphatic rings. The quantitative estimate of drug-likeness (QED) is 0.651. The van der Waals surface area contributed by atoms with Gasteiger partial charge in [0, 0.05) is 38.4 Å². The van der Waals surface area contributed by atoms with Crippen LogP contribution in [0, 0.1) is 0 Å². The highest BCUT2D eigenvalue weighted by atomic mass is 16.6. The van der Waals surface area contributed by atoms with E-state index in [9.17, 15) is 4.79 Å². The van der Waals surface area contributed by atoms with E-state index in [1.807, 2.05) is 35.2 Å². The second kappa shape index (κ2) is 10.7. The molecule has 1 amide bonds. The Labute approximate surface area is 186 Å². The highest BCUT2D eigenvalue weighted by molar-refractivity contribution is 5.68. The van der Waals surface area contributed by atoms with Crippen LogP contribution in [0.2, 0.25) is 0 Å². The fourth-order valence-corrected chi connectivity index (χ4v) is 4.77. The van der Waals surface area contributed by atoms with Crippen molar-refractivity contribution in [3.63, 3.8) is 0 Å². The minimum Gasteiger partial charge on any atom is -0.445 e. The predicted octanol–water partition coefficient (Wildman–Crippen LogP) is 5.08. The lowest BCUT2D eigenvalue weighted by molar-refractivity contribution is 0.0679. The average Bonchev–Trinajstić information content (AvgIpc) is 2.84. The van der Waals surface area contributed by atoms with Crippen LogP contribution in [0.4, 0.5) is 10.5 Å². The molecule has 0 N–H and O–H groups in total. The molecule has 0 spiro atoms. The number of carbonyl (C=O) groups is 1. The van der Waals surface area contributed by atoms with Crippen molar-refractivity contribution in [2.45, 2.75) is 45.3 Å². The molecule has 2 heterocycles. The summed E-state index contributed by atoms with van der Waals surface area (Å²) < 4.78 is 5.67. The topological polar surface area (TPSA) is 36.0 Å². The summed E-state index contributed by atoms with van der Waals surface area (Å²) in [5.74, 6) is 0. The van der Waals surface area contributed by atoms with Gasteiger partial charge in [0.2, 0.25) is 0 Å². The van der Waals surface area contributed by atoms with Gasteiger partial charge in [-0.2, -0.15) is 0 Å². The Morgan fingerprint density at radius 3 is 2.55 bits per heavy atom. The van der Waals surface area contributed by atoms with Gasteiger partial charge in [-0.05, 0) is 55.5 Å². The van der Waals surface area contributed by atoms with Gasteiger partial charge >= 0.3 is 6.09 Å². The Bertz CT molecular complexity index is 834. The normalized spacial score (nSPS) is 20.0. The summed E-state index contributed by atoms with van der Waals surface area (Å²) in [4.78, 5) is 19.9. The number of amides is 1. The minimum atomic E-state index is -0.202. The lowest BCUT2D eigenvalue weighted by atomic mass is 9.95. The molecule has 0 radical (unpaired) electrons. The number of carbonyl (C=O) groups excluding carboxylic acids is 1. The molecule has 5 nitrogen and oxygen atoms in total. The molecule has 2 aromatic carbocycles. The maximum absolute atomic E-state index is 12.9. The van der Waals surface area contributed by atoms with Gasteiger partial charge in [0.25, 0.3) is 0 Å². The summed E-state index contributed by atoms with van der Waals surface area (Å²) in [6.07, 6.45) is 4.19. The van der Waals surface area contributed by atoms with Gasteiger partial charge in [-0.15, -0.1) is 0 Å². The molecule has 4 rings (SSSR count). The Hall–Kier alpha value is -2.53. The molecular weight excluding hydrogens is 386 g/mol. The zero-order chi connectivity index (χ0) is 21.5. The van der Waals surface area contributed by atoms with Crippen LogP contribution in [0.25, 0.3) is 0 Å². The van der Waals surface area contributed by atoms with Crippen LogP contribution in [0.3, 0.4) is 0 Å². The number of nitrogens with zero attached hydrogens (tertiary/aromatic N) is 3. The third kappa shape index (κ3) is 5.59. The summed E-state index contributed by atoms with van der Waals surface area (Å²) in [6.45, 7) is 8.91. The first kappa shape index (κ1) is 21.7. The van der Waals surface area contributed by atoms with E-state index in [1.165, 1.54) is 24.2 Å². The zero-order valence-electron chi connectivity index (χ0n) is 18.7. The fraction of sp³-hybridized carbons (Fsp3) is 0.500. The molecule has 5 heteroatoms. The van der Waals surface area contributed by atoms with Crippen molar-refractivity contribution in [2.75, 3.05) is 44.2 Å². The third-order valence-corrected chi connectivity index (χ3v) is 6.47. The number of benzene rings is 2. The highest BCUT2D eigenvalue weighted by Gasteiger charge is 2.29. The first-order valence-electron chi connectivity index (χ1n) is 11.8. The van der Waals surface area contributed by atoms with E-state index in [-0.39, 0.29) is 12.1 Å². The van der Waals surface area contributed by atoms with Crippen LogP contribution in [0.1, 0.15) is 49.8 Å². The van der Waals surface area contributed by atoms with Crippen LogP contribution in [-0.4, -0.2) is 55.2 Å². The minimum absolute atomic E-state index is 0.0957. The average molecular weight is 422 g/mol. The van der Waals surface area contributed by atoms with Gasteiger partial charge < -0.3 is 14.5 Å². The lowest BCUT2D eigenvalue weighted by Crippen LogP contribution is -2.46. The van der Waals surface area contributed by atoms with Gasteiger partial charge in [0.15, 0.2) is 0 Å². The lowest BCUT2D eigenvalue weighted by Gasteiger charge is -2.38. The summed E-state index contributed by atoms with van der Waals surface area (Å²) in [7, 11) is 0. The number of hydrogen-bond acceptors (Lipinski definition) is 4. The molecule has 2 aliphatic heterocycles. The SMILES string of the molecule is CCCN1CCN(c2cccc(C3CCCCN3C(=O)OCc3ccccc3)c2)CC1. The third-order valence-electron chi connectivity index (χ3n) is 6.47. The van der Waals surface area contributed by atoms with Crippen LogP contribution >= 0.6 is 0 Å². The number of piperidine rings is 1. The van der Waals surface area contributed by atoms with Crippen molar-refractivity contribution >= 4 is 11.8 Å². The molecule has 0 bridgehead atoms. The Morgan fingerprint density at radius 2 is 1.77 bits per heavy atom. The van der Waals surface area contributed by atoms with Gasteiger partial charge in [0.1, 0.15) is 6.61 Å². The Kier molecular flexibility index (Phi) is 7.47. The standard InChI is InChI=1S/C26H35N3O2/c1-2-14-27-16-18-28(19-17-27)24-12-8-11-23(20-24)25-13-6-7-15-29(25)26(30)31-21-22-9-4-3-5-10-22/h3-5,8-12,20,25H,2,6-7,13-19,21H2,1H3. The van der Waals surface area contributed by atoms with Crippen LogP contribution in [0.5, 0.6) is 0 Å². The molecule has 2 aromatic rings. The number of rotatable bonds is 6. The molecule has 1 atom stereocenters. The maximum Gasteiger partial charge on any atom is 0.410 e. The molecule has 0 aliphatic carbocycles. The number of hydrogen-bond donors (Lipinski definition) is 0. The van der Waals surface area contributed by atoms with Crippen molar-refractivity contribution in [3.05, 3.63) is 65.7 Å². The van der Waals surface area contributed by atoms with Crippen molar-refractivity contribution in [3.8, 4) is 0 Å². The van der Waals surface area contributed by atoms with Crippen molar-refractivity contribution in [1.29, 1.82) is 0 Å². The Morgan fingerprint density at radius 1 is 0.968 bits per heavy atom. The summed E-state index contributed by atoms with van der Waals surface area (Å²) in [5.41, 5.74) is 3.52. The van der Waals surface area contributed by atoms with E-state index in [0.717, 1.165) is 57.5 Å². The van der Waals surface area contributed by atoms with Gasteiger partial charge in [0.05, 0.1) is 6.04 Å². The second-order valence-electron chi connectivity index (χ2n) is 8.67. The van der Waals surface area contributed by atoms with Crippen LogP contribution in [0.15, 0.2) is 54.6 Å². The highest BCUT2D eigenvalue weighted by Crippen LogP contribution is 2.33. The largest absolute Gasteiger partial charge is 0.445 e. The van der Waals surface area contributed by atoms with Crippen LogP contribution < -0.4 is 4.90 Å². The number of likely N-dealkylation sites (tertiary alicyclic amines) is 1. The number of ether oxygens (including phenoxy) is 1. The van der Waals surface area contributed by atoms with Crippen molar-refractivity contribution in [1.82, 2.24) is 9.80 Å². The van der Waals surface area contributed by atoms with E-state index < -0.39 is 0 Å². The molecule has 2 saturated heterocycles. The molecule has 0 saturated carbocycles.